The Morgan fingerprint density at radius 3 is 2.32 bits per heavy atom. The van der Waals surface area contributed by atoms with Crippen LogP contribution in [0.1, 0.15) is 18.1 Å². The largest absolute Gasteiger partial charge is 0.494 e. The van der Waals surface area contributed by atoms with Crippen LogP contribution in [0.25, 0.3) is 0 Å². The quantitative estimate of drug-likeness (QED) is 0.565. The van der Waals surface area contributed by atoms with Gasteiger partial charge >= 0.3 is 0 Å². The number of amides is 1. The number of rotatable bonds is 11. The molecule has 0 aromatic heterocycles. The molecule has 9 heteroatoms. The molecule has 1 N–H and O–H groups in total. The van der Waals surface area contributed by atoms with Gasteiger partial charge in [-0.2, -0.15) is 4.31 Å². The van der Waals surface area contributed by atoms with Gasteiger partial charge in [-0.15, -0.1) is 0 Å². The summed E-state index contributed by atoms with van der Waals surface area (Å²) in [5.41, 5.74) is 1.68. The summed E-state index contributed by atoms with van der Waals surface area (Å²) < 4.78 is 42.6. The summed E-state index contributed by atoms with van der Waals surface area (Å²) in [6, 6.07) is 10.2. The molecule has 0 saturated heterocycles. The van der Waals surface area contributed by atoms with Gasteiger partial charge in [0.15, 0.2) is 11.5 Å². The summed E-state index contributed by atoms with van der Waals surface area (Å²) in [7, 11) is 0.716. The number of benzene rings is 2. The first-order valence-corrected chi connectivity index (χ1v) is 11.3. The molecule has 0 radical (unpaired) electrons. The van der Waals surface area contributed by atoms with Crippen molar-refractivity contribution in [3.63, 3.8) is 0 Å². The first-order valence-electron chi connectivity index (χ1n) is 9.90. The third-order valence-corrected chi connectivity index (χ3v) is 6.50. The third kappa shape index (κ3) is 6.35. The van der Waals surface area contributed by atoms with Crippen LogP contribution < -0.4 is 19.5 Å². The highest BCUT2D eigenvalue weighted by atomic mass is 32.2. The average molecular weight is 451 g/mol. The lowest BCUT2D eigenvalue weighted by atomic mass is 10.1. The second-order valence-corrected chi connectivity index (χ2v) is 8.96. The molecule has 0 aliphatic carbocycles. The van der Waals surface area contributed by atoms with Gasteiger partial charge in [-0.3, -0.25) is 4.79 Å². The van der Waals surface area contributed by atoms with E-state index in [0.717, 1.165) is 15.4 Å². The Hall–Kier alpha value is -2.78. The van der Waals surface area contributed by atoms with Crippen LogP contribution in [0, 0.1) is 6.92 Å². The molecule has 2 aromatic carbocycles. The first-order chi connectivity index (χ1) is 14.7. The number of carbonyl (C=O) groups excluding carboxylic acids is 1. The molecule has 2 rings (SSSR count). The molecule has 0 heterocycles. The number of ether oxygens (including phenoxy) is 3. The number of nitrogens with zero attached hydrogens (tertiary/aromatic N) is 1. The highest BCUT2D eigenvalue weighted by Gasteiger charge is 2.23. The molecule has 0 unspecified atom stereocenters. The van der Waals surface area contributed by atoms with Crippen molar-refractivity contribution in [2.45, 2.75) is 25.2 Å². The minimum Gasteiger partial charge on any atom is -0.494 e. The van der Waals surface area contributed by atoms with E-state index in [4.69, 9.17) is 14.2 Å². The van der Waals surface area contributed by atoms with E-state index in [9.17, 15) is 13.2 Å². The fourth-order valence-corrected chi connectivity index (χ4v) is 4.22. The molecule has 2 aromatic rings. The van der Waals surface area contributed by atoms with E-state index >= 15 is 0 Å². The lowest BCUT2D eigenvalue weighted by Crippen LogP contribution is -2.39. The maximum Gasteiger partial charge on any atom is 0.243 e. The molecule has 0 atom stereocenters. The Morgan fingerprint density at radius 2 is 1.71 bits per heavy atom. The van der Waals surface area contributed by atoms with Crippen molar-refractivity contribution in [2.75, 3.05) is 41.0 Å². The Kier molecular flexibility index (Phi) is 8.70. The van der Waals surface area contributed by atoms with Crippen LogP contribution in [0.5, 0.6) is 17.2 Å². The zero-order valence-electron chi connectivity index (χ0n) is 18.6. The highest BCUT2D eigenvalue weighted by molar-refractivity contribution is 7.89. The molecular weight excluding hydrogens is 420 g/mol. The smallest absolute Gasteiger partial charge is 0.243 e. The van der Waals surface area contributed by atoms with Crippen LogP contribution in [0.15, 0.2) is 41.3 Å². The van der Waals surface area contributed by atoms with E-state index in [1.807, 2.05) is 19.1 Å². The highest BCUT2D eigenvalue weighted by Crippen LogP contribution is 2.27. The molecule has 0 aliphatic rings. The number of hydrogen-bond donors (Lipinski definition) is 1. The Morgan fingerprint density at radius 1 is 1.03 bits per heavy atom. The van der Waals surface area contributed by atoms with Crippen LogP contribution in [0.3, 0.4) is 0 Å². The SMILES string of the molecule is CCOc1ccc(S(=O)(=O)N(C)CC(=O)NCCc2ccc(OC)c(OC)c2)cc1C. The van der Waals surface area contributed by atoms with Gasteiger partial charge in [0, 0.05) is 13.6 Å². The van der Waals surface area contributed by atoms with E-state index in [2.05, 4.69) is 5.32 Å². The molecule has 0 spiro atoms. The topological polar surface area (TPSA) is 94.2 Å². The normalized spacial score (nSPS) is 11.3. The molecule has 0 bridgehead atoms. The maximum atomic E-state index is 12.8. The van der Waals surface area contributed by atoms with Gasteiger partial charge in [0.05, 0.1) is 32.3 Å². The minimum absolute atomic E-state index is 0.120. The molecule has 31 heavy (non-hydrogen) atoms. The molecule has 0 saturated carbocycles. The lowest BCUT2D eigenvalue weighted by molar-refractivity contribution is -0.121. The van der Waals surface area contributed by atoms with Crippen LogP contribution in [-0.2, 0) is 21.2 Å². The third-order valence-electron chi connectivity index (χ3n) is 4.70. The van der Waals surface area contributed by atoms with Crippen LogP contribution >= 0.6 is 0 Å². The number of nitrogens with one attached hydrogen (secondary N) is 1. The van der Waals surface area contributed by atoms with Crippen molar-refractivity contribution in [1.82, 2.24) is 9.62 Å². The van der Waals surface area contributed by atoms with Gasteiger partial charge in [0.1, 0.15) is 5.75 Å². The summed E-state index contributed by atoms with van der Waals surface area (Å²) in [4.78, 5) is 12.4. The molecular formula is C22H30N2O6S. The fraction of sp³-hybridized carbons (Fsp3) is 0.409. The van der Waals surface area contributed by atoms with E-state index in [0.29, 0.717) is 36.8 Å². The summed E-state index contributed by atoms with van der Waals surface area (Å²) >= 11 is 0. The Bertz CT molecular complexity index is 1010. The van der Waals surface area contributed by atoms with Crippen LogP contribution in [-0.4, -0.2) is 59.6 Å². The molecule has 8 nitrogen and oxygen atoms in total. The van der Waals surface area contributed by atoms with E-state index in [1.165, 1.54) is 13.1 Å². The van der Waals surface area contributed by atoms with Crippen molar-refractivity contribution in [1.29, 1.82) is 0 Å². The van der Waals surface area contributed by atoms with Gasteiger partial charge in [0.25, 0.3) is 0 Å². The van der Waals surface area contributed by atoms with Gasteiger partial charge in [-0.25, -0.2) is 8.42 Å². The van der Waals surface area contributed by atoms with Gasteiger partial charge in [-0.05, 0) is 61.7 Å². The van der Waals surface area contributed by atoms with Crippen molar-refractivity contribution in [2.24, 2.45) is 0 Å². The van der Waals surface area contributed by atoms with Crippen LogP contribution in [0.2, 0.25) is 0 Å². The molecule has 0 aliphatic heterocycles. The Balaban J connectivity index is 1.93. The summed E-state index contributed by atoms with van der Waals surface area (Å²) in [6.45, 7) is 4.23. The first kappa shape index (κ1) is 24.5. The van der Waals surface area contributed by atoms with Crippen molar-refractivity contribution < 1.29 is 27.4 Å². The molecule has 1 amide bonds. The van der Waals surface area contributed by atoms with Gasteiger partial charge in [-0.1, -0.05) is 6.07 Å². The summed E-state index contributed by atoms with van der Waals surface area (Å²) in [6.07, 6.45) is 0.570. The predicted octanol–water partition coefficient (Wildman–Crippen LogP) is 2.39. The number of methoxy groups -OCH3 is 2. The monoisotopic (exact) mass is 450 g/mol. The van der Waals surface area contributed by atoms with Crippen molar-refractivity contribution in [3.8, 4) is 17.2 Å². The number of aryl methyl sites for hydroxylation is 1. The average Bonchev–Trinajstić information content (AvgIpc) is 2.74. The van der Waals surface area contributed by atoms with Gasteiger partial charge in [0.2, 0.25) is 15.9 Å². The fourth-order valence-electron chi connectivity index (χ4n) is 3.01. The zero-order chi connectivity index (χ0) is 23.0. The van der Waals surface area contributed by atoms with Crippen LogP contribution in [0.4, 0.5) is 0 Å². The minimum atomic E-state index is -3.80. The van der Waals surface area contributed by atoms with E-state index < -0.39 is 10.0 Å². The second kappa shape index (κ2) is 11.0. The second-order valence-electron chi connectivity index (χ2n) is 6.91. The number of likely N-dealkylation sites (N-methyl/N-ethyl adjacent to an activating group) is 1. The van der Waals surface area contributed by atoms with E-state index in [-0.39, 0.29) is 17.3 Å². The number of sulfonamides is 1. The standard InChI is InChI=1S/C22H30N2O6S/c1-6-30-19-10-8-18(13-16(19)2)31(26,27)24(3)15-22(25)23-12-11-17-7-9-20(28-4)21(14-17)29-5/h7-10,13-14H,6,11-12,15H2,1-5H3,(H,23,25). The van der Waals surface area contributed by atoms with Gasteiger partial charge < -0.3 is 19.5 Å². The summed E-state index contributed by atoms with van der Waals surface area (Å²) in [5.74, 6) is 1.50. The predicted molar refractivity (Wildman–Crippen MR) is 118 cm³/mol. The Labute approximate surface area is 184 Å². The number of hydrogen-bond acceptors (Lipinski definition) is 6. The lowest BCUT2D eigenvalue weighted by Gasteiger charge is -2.18. The molecule has 0 fully saturated rings. The van der Waals surface area contributed by atoms with E-state index in [1.54, 1.807) is 39.3 Å². The zero-order valence-corrected chi connectivity index (χ0v) is 19.4. The summed E-state index contributed by atoms with van der Waals surface area (Å²) in [5, 5.41) is 2.75. The van der Waals surface area contributed by atoms with Crippen molar-refractivity contribution >= 4 is 15.9 Å². The maximum absolute atomic E-state index is 12.8. The molecule has 170 valence electrons. The number of carbonyl (C=O) groups is 1. The van der Waals surface area contributed by atoms with Crippen molar-refractivity contribution in [3.05, 3.63) is 47.5 Å².